The Morgan fingerprint density at radius 2 is 1.71 bits per heavy atom. The number of rotatable bonds is 4. The summed E-state index contributed by atoms with van der Waals surface area (Å²) in [5.41, 5.74) is 0. The molecule has 0 rings (SSSR count). The van der Waals surface area contributed by atoms with E-state index >= 15 is 0 Å². The lowest BCUT2D eigenvalue weighted by atomic mass is 10.2. The summed E-state index contributed by atoms with van der Waals surface area (Å²) >= 11 is 1.51. The highest BCUT2D eigenvalue weighted by Gasteiger charge is 2.55. The first-order valence-electron chi connectivity index (χ1n) is 4.02. The van der Waals surface area contributed by atoms with E-state index in [1.165, 1.54) is 22.6 Å². The van der Waals surface area contributed by atoms with Crippen molar-refractivity contribution in [2.45, 2.75) is 38.3 Å². The molecule has 0 N–H and O–H groups in total. The van der Waals surface area contributed by atoms with E-state index in [4.69, 9.17) is 0 Å². The second-order valence-corrected chi connectivity index (χ2v) is 4.20. The smallest absolute Gasteiger partial charge is 0.191 e. The summed E-state index contributed by atoms with van der Waals surface area (Å²) in [5, 5.41) is 0. The van der Waals surface area contributed by atoms with E-state index in [-0.39, 0.29) is 16.1 Å². The Balaban J connectivity index is 4.46. The quantitative estimate of drug-likeness (QED) is 0.519. The van der Waals surface area contributed by atoms with Gasteiger partial charge in [0, 0.05) is 6.08 Å². The first-order chi connectivity index (χ1) is 6.20. The number of allylic oxidation sites excluding steroid dienone is 2. The predicted molar refractivity (Wildman–Crippen MR) is 52.6 cm³/mol. The van der Waals surface area contributed by atoms with Gasteiger partial charge < -0.3 is 0 Å². The Hall–Kier alpha value is 0.120. The molecular formula is C8H10F5I. The minimum absolute atomic E-state index is 0.0107. The summed E-state index contributed by atoms with van der Waals surface area (Å²) in [6, 6.07) is 0. The second-order valence-electron chi connectivity index (χ2n) is 2.82. The number of hydrogen-bond acceptors (Lipinski definition) is 0. The van der Waals surface area contributed by atoms with Gasteiger partial charge in [-0.15, -0.1) is 0 Å². The van der Waals surface area contributed by atoms with E-state index < -0.39 is 12.1 Å². The maximum atomic E-state index is 12.4. The minimum atomic E-state index is -5.49. The lowest BCUT2D eigenvalue weighted by Crippen LogP contribution is -2.34. The van der Waals surface area contributed by atoms with E-state index in [1.807, 2.05) is 6.92 Å². The van der Waals surface area contributed by atoms with Crippen LogP contribution in [0.2, 0.25) is 0 Å². The zero-order valence-corrected chi connectivity index (χ0v) is 9.62. The molecule has 0 bridgehead atoms. The van der Waals surface area contributed by atoms with E-state index in [0.29, 0.717) is 6.42 Å². The molecule has 0 saturated carbocycles. The molecule has 84 valence electrons. The molecule has 0 aromatic carbocycles. The third-order valence-corrected chi connectivity index (χ3v) is 2.34. The van der Waals surface area contributed by atoms with Crippen molar-refractivity contribution in [3.63, 3.8) is 0 Å². The van der Waals surface area contributed by atoms with Gasteiger partial charge in [0.25, 0.3) is 0 Å². The van der Waals surface area contributed by atoms with E-state index in [2.05, 4.69) is 0 Å². The van der Waals surface area contributed by atoms with Crippen LogP contribution in [-0.2, 0) is 0 Å². The molecule has 0 atom stereocenters. The number of hydrogen-bond donors (Lipinski definition) is 0. The van der Waals surface area contributed by atoms with Gasteiger partial charge in [0.2, 0.25) is 0 Å². The third-order valence-electron chi connectivity index (χ3n) is 1.49. The fourth-order valence-electron chi connectivity index (χ4n) is 0.696. The lowest BCUT2D eigenvalue weighted by Gasteiger charge is -2.16. The molecular weight excluding hydrogens is 318 g/mol. The molecule has 14 heavy (non-hydrogen) atoms. The summed E-state index contributed by atoms with van der Waals surface area (Å²) in [4.78, 5) is 0. The first kappa shape index (κ1) is 14.1. The van der Waals surface area contributed by atoms with E-state index in [1.54, 1.807) is 0 Å². The number of unbranched alkanes of at least 4 members (excludes halogenated alkanes) is 1. The summed E-state index contributed by atoms with van der Waals surface area (Å²) in [6.45, 7) is 1.84. The molecule has 0 saturated heterocycles. The molecule has 0 unspecified atom stereocenters. The van der Waals surface area contributed by atoms with Crippen molar-refractivity contribution < 1.29 is 22.0 Å². The third kappa shape index (κ3) is 4.56. The van der Waals surface area contributed by atoms with Crippen molar-refractivity contribution in [1.29, 1.82) is 0 Å². The van der Waals surface area contributed by atoms with Crippen LogP contribution in [0.4, 0.5) is 22.0 Å². The standard InChI is InChI=1S/C8H10F5I/c1-2-3-4-6(14)5-7(9,10)8(11,12)13/h5H,2-4H2,1H3. The van der Waals surface area contributed by atoms with Gasteiger partial charge in [-0.05, 0) is 39.0 Å². The van der Waals surface area contributed by atoms with E-state index in [0.717, 1.165) is 6.42 Å². The highest BCUT2D eigenvalue weighted by molar-refractivity contribution is 14.1. The van der Waals surface area contributed by atoms with Gasteiger partial charge in [-0.1, -0.05) is 13.3 Å². The Bertz CT molecular complexity index is 206. The Morgan fingerprint density at radius 1 is 1.21 bits per heavy atom. The summed E-state index contributed by atoms with van der Waals surface area (Å²) in [6.07, 6.45) is -3.86. The minimum Gasteiger partial charge on any atom is -0.191 e. The van der Waals surface area contributed by atoms with Crippen molar-refractivity contribution in [3.05, 3.63) is 9.66 Å². The van der Waals surface area contributed by atoms with Crippen LogP contribution in [0, 0.1) is 0 Å². The van der Waals surface area contributed by atoms with Crippen LogP contribution in [0.3, 0.4) is 0 Å². The molecule has 0 aromatic rings. The largest absolute Gasteiger partial charge is 0.457 e. The van der Waals surface area contributed by atoms with Crippen molar-refractivity contribution >= 4 is 22.6 Å². The Labute approximate surface area is 92.7 Å². The molecule has 0 aromatic heterocycles. The fraction of sp³-hybridized carbons (Fsp3) is 0.750. The molecule has 0 aliphatic heterocycles. The average molecular weight is 328 g/mol. The molecule has 0 spiro atoms. The molecule has 0 fully saturated rings. The topological polar surface area (TPSA) is 0 Å². The van der Waals surface area contributed by atoms with Crippen molar-refractivity contribution in [2.24, 2.45) is 0 Å². The number of alkyl halides is 5. The maximum absolute atomic E-state index is 12.4. The molecule has 0 heterocycles. The fourth-order valence-corrected chi connectivity index (χ4v) is 1.47. The van der Waals surface area contributed by atoms with Gasteiger partial charge in [-0.2, -0.15) is 22.0 Å². The van der Waals surface area contributed by atoms with Crippen molar-refractivity contribution in [2.75, 3.05) is 0 Å². The van der Waals surface area contributed by atoms with Gasteiger partial charge in [0.05, 0.1) is 0 Å². The van der Waals surface area contributed by atoms with Gasteiger partial charge in [-0.25, -0.2) is 0 Å². The SMILES string of the molecule is CCCCC(I)=CC(F)(F)C(F)(F)F. The molecule has 0 aliphatic carbocycles. The molecule has 0 amide bonds. The van der Waals surface area contributed by atoms with Crippen LogP contribution in [0.5, 0.6) is 0 Å². The second kappa shape index (κ2) is 5.27. The summed E-state index contributed by atoms with van der Waals surface area (Å²) < 4.78 is 60.0. The van der Waals surface area contributed by atoms with Crippen LogP contribution in [0.1, 0.15) is 26.2 Å². The molecule has 6 heteroatoms. The molecule has 0 nitrogen and oxygen atoms in total. The number of halogens is 6. The predicted octanol–water partition coefficient (Wildman–Crippen LogP) is 4.69. The first-order valence-corrected chi connectivity index (χ1v) is 5.10. The summed E-state index contributed by atoms with van der Waals surface area (Å²) in [5.74, 6) is -4.71. The van der Waals surface area contributed by atoms with Crippen LogP contribution in [-0.4, -0.2) is 12.1 Å². The van der Waals surface area contributed by atoms with Gasteiger partial charge >= 0.3 is 12.1 Å². The van der Waals surface area contributed by atoms with Crippen molar-refractivity contribution in [1.82, 2.24) is 0 Å². The Kier molecular flexibility index (Phi) is 5.32. The highest BCUT2D eigenvalue weighted by Crippen LogP contribution is 2.38. The molecule has 0 radical (unpaired) electrons. The highest BCUT2D eigenvalue weighted by atomic mass is 127. The van der Waals surface area contributed by atoms with E-state index in [9.17, 15) is 22.0 Å². The van der Waals surface area contributed by atoms with Crippen LogP contribution < -0.4 is 0 Å². The lowest BCUT2D eigenvalue weighted by molar-refractivity contribution is -0.259. The van der Waals surface area contributed by atoms with Crippen LogP contribution in [0.25, 0.3) is 0 Å². The maximum Gasteiger partial charge on any atom is 0.457 e. The van der Waals surface area contributed by atoms with Gasteiger partial charge in [-0.3, -0.25) is 0 Å². The Morgan fingerprint density at radius 3 is 2.07 bits per heavy atom. The average Bonchev–Trinajstić information content (AvgIpc) is 1.97. The van der Waals surface area contributed by atoms with Crippen LogP contribution >= 0.6 is 22.6 Å². The van der Waals surface area contributed by atoms with Gasteiger partial charge in [0.15, 0.2) is 0 Å². The van der Waals surface area contributed by atoms with Gasteiger partial charge in [0.1, 0.15) is 0 Å². The monoisotopic (exact) mass is 328 g/mol. The zero-order valence-electron chi connectivity index (χ0n) is 7.47. The molecule has 0 aliphatic rings. The van der Waals surface area contributed by atoms with Crippen LogP contribution in [0.15, 0.2) is 9.66 Å². The van der Waals surface area contributed by atoms with Crippen molar-refractivity contribution in [3.8, 4) is 0 Å². The normalized spacial score (nSPS) is 14.6. The zero-order chi connectivity index (χ0) is 11.4. The summed E-state index contributed by atoms with van der Waals surface area (Å²) in [7, 11) is 0.